The van der Waals surface area contributed by atoms with Crippen molar-refractivity contribution in [1.82, 2.24) is 20.2 Å². The Hall–Kier alpha value is -1.91. The second-order valence-electron chi connectivity index (χ2n) is 2.51. The minimum absolute atomic E-state index is 0.788. The summed E-state index contributed by atoms with van der Waals surface area (Å²) in [7, 11) is 1.82. The van der Waals surface area contributed by atoms with Crippen LogP contribution < -0.4 is 5.32 Å². The standard InChI is InChI=1S/C8H9N5/c1-9-8-4-6(12-13-8)7-5-10-2-3-11-7/h2-5H,1H3,(H2,9,12,13). The Bertz CT molecular complexity index is 380. The normalized spacial score (nSPS) is 9.92. The minimum atomic E-state index is 0.788. The van der Waals surface area contributed by atoms with Crippen LogP contribution in [-0.2, 0) is 0 Å². The summed E-state index contributed by atoms with van der Waals surface area (Å²) in [5.74, 6) is 0.792. The number of anilines is 1. The van der Waals surface area contributed by atoms with Crippen LogP contribution in [0.3, 0.4) is 0 Å². The van der Waals surface area contributed by atoms with E-state index in [4.69, 9.17) is 0 Å². The van der Waals surface area contributed by atoms with Gasteiger partial charge < -0.3 is 5.32 Å². The Balaban J connectivity index is 2.36. The zero-order valence-electron chi connectivity index (χ0n) is 7.15. The summed E-state index contributed by atoms with van der Waals surface area (Å²) in [6.45, 7) is 0. The van der Waals surface area contributed by atoms with E-state index >= 15 is 0 Å². The topological polar surface area (TPSA) is 66.5 Å². The second-order valence-corrected chi connectivity index (χ2v) is 2.51. The maximum Gasteiger partial charge on any atom is 0.148 e. The van der Waals surface area contributed by atoms with Gasteiger partial charge in [-0.25, -0.2) is 0 Å². The monoisotopic (exact) mass is 175 g/mol. The number of H-pyrrole nitrogens is 1. The number of aromatic nitrogens is 4. The molecule has 0 spiro atoms. The van der Waals surface area contributed by atoms with Gasteiger partial charge >= 0.3 is 0 Å². The largest absolute Gasteiger partial charge is 0.372 e. The Morgan fingerprint density at radius 3 is 2.92 bits per heavy atom. The van der Waals surface area contributed by atoms with Gasteiger partial charge in [0.15, 0.2) is 0 Å². The van der Waals surface area contributed by atoms with E-state index in [9.17, 15) is 0 Å². The lowest BCUT2D eigenvalue weighted by molar-refractivity contribution is 1.08. The van der Waals surface area contributed by atoms with E-state index in [0.717, 1.165) is 17.2 Å². The van der Waals surface area contributed by atoms with Crippen LogP contribution in [0.15, 0.2) is 24.7 Å². The van der Waals surface area contributed by atoms with Crippen molar-refractivity contribution in [2.45, 2.75) is 0 Å². The highest BCUT2D eigenvalue weighted by atomic mass is 15.2. The molecule has 0 aliphatic rings. The van der Waals surface area contributed by atoms with E-state index in [-0.39, 0.29) is 0 Å². The molecule has 66 valence electrons. The molecular weight excluding hydrogens is 166 g/mol. The molecule has 0 saturated heterocycles. The zero-order valence-corrected chi connectivity index (χ0v) is 7.15. The van der Waals surface area contributed by atoms with E-state index < -0.39 is 0 Å². The average Bonchev–Trinajstić information content (AvgIpc) is 2.67. The van der Waals surface area contributed by atoms with Crippen LogP contribution >= 0.6 is 0 Å². The summed E-state index contributed by atoms with van der Waals surface area (Å²) in [6, 6.07) is 1.88. The van der Waals surface area contributed by atoms with Gasteiger partial charge in [-0.1, -0.05) is 0 Å². The van der Waals surface area contributed by atoms with Crippen LogP contribution in [0.25, 0.3) is 11.4 Å². The summed E-state index contributed by atoms with van der Waals surface area (Å²) < 4.78 is 0. The van der Waals surface area contributed by atoms with Crippen molar-refractivity contribution < 1.29 is 0 Å². The van der Waals surface area contributed by atoms with E-state index in [1.165, 1.54) is 0 Å². The third-order valence-electron chi connectivity index (χ3n) is 1.67. The second kappa shape index (κ2) is 3.22. The molecule has 0 saturated carbocycles. The number of nitrogens with zero attached hydrogens (tertiary/aromatic N) is 3. The molecule has 0 unspecified atom stereocenters. The molecule has 0 aliphatic heterocycles. The number of hydrogen-bond donors (Lipinski definition) is 2. The van der Waals surface area contributed by atoms with Gasteiger partial charge in [-0.15, -0.1) is 0 Å². The van der Waals surface area contributed by atoms with Gasteiger partial charge in [0.2, 0.25) is 0 Å². The number of aromatic amines is 1. The lowest BCUT2D eigenvalue weighted by Gasteiger charge is -1.91. The summed E-state index contributed by atoms with van der Waals surface area (Å²) in [4.78, 5) is 8.10. The maximum atomic E-state index is 4.14. The molecule has 5 nitrogen and oxygen atoms in total. The first-order valence-electron chi connectivity index (χ1n) is 3.89. The van der Waals surface area contributed by atoms with Crippen LogP contribution in [0.1, 0.15) is 0 Å². The smallest absolute Gasteiger partial charge is 0.148 e. The molecule has 2 N–H and O–H groups in total. The Labute approximate surface area is 75.2 Å². The summed E-state index contributed by atoms with van der Waals surface area (Å²) in [6.07, 6.45) is 4.97. The molecule has 2 aromatic rings. The van der Waals surface area contributed by atoms with Crippen LogP contribution in [0.5, 0.6) is 0 Å². The zero-order chi connectivity index (χ0) is 9.10. The van der Waals surface area contributed by atoms with Crippen LogP contribution in [0, 0.1) is 0 Å². The van der Waals surface area contributed by atoms with E-state index in [1.54, 1.807) is 18.6 Å². The summed E-state index contributed by atoms with van der Waals surface area (Å²) in [5.41, 5.74) is 1.65. The summed E-state index contributed by atoms with van der Waals surface area (Å²) >= 11 is 0. The highest BCUT2D eigenvalue weighted by Gasteiger charge is 2.02. The quantitative estimate of drug-likeness (QED) is 0.711. The number of nitrogens with one attached hydrogen (secondary N) is 2. The van der Waals surface area contributed by atoms with E-state index in [0.29, 0.717) is 0 Å². The van der Waals surface area contributed by atoms with Gasteiger partial charge in [0.25, 0.3) is 0 Å². The molecule has 0 fully saturated rings. The molecule has 0 atom stereocenters. The first-order valence-corrected chi connectivity index (χ1v) is 3.89. The highest BCUT2D eigenvalue weighted by molar-refractivity contribution is 5.57. The Morgan fingerprint density at radius 1 is 1.38 bits per heavy atom. The molecule has 5 heteroatoms. The van der Waals surface area contributed by atoms with Crippen LogP contribution in [0.2, 0.25) is 0 Å². The Morgan fingerprint density at radius 2 is 2.31 bits per heavy atom. The molecule has 2 aromatic heterocycles. The molecule has 0 bridgehead atoms. The maximum absolute atomic E-state index is 4.14. The average molecular weight is 175 g/mol. The number of rotatable bonds is 2. The summed E-state index contributed by atoms with van der Waals surface area (Å²) in [5, 5.41) is 9.79. The van der Waals surface area contributed by atoms with Gasteiger partial charge in [-0.2, -0.15) is 5.10 Å². The molecule has 0 amide bonds. The van der Waals surface area contributed by atoms with Crippen molar-refractivity contribution in [3.63, 3.8) is 0 Å². The van der Waals surface area contributed by atoms with Crippen LogP contribution in [-0.4, -0.2) is 27.2 Å². The lowest BCUT2D eigenvalue weighted by atomic mass is 10.3. The van der Waals surface area contributed by atoms with Gasteiger partial charge in [-0.05, 0) is 0 Å². The predicted octanol–water partition coefficient (Wildman–Crippen LogP) is 0.908. The van der Waals surface area contributed by atoms with Crippen molar-refractivity contribution in [2.24, 2.45) is 0 Å². The fraction of sp³-hybridized carbons (Fsp3) is 0.125. The molecule has 2 rings (SSSR count). The molecular formula is C8H9N5. The fourth-order valence-corrected chi connectivity index (χ4v) is 1.02. The SMILES string of the molecule is CNc1cc(-c2cnccn2)[nH]n1. The van der Waals surface area contributed by atoms with Gasteiger partial charge in [-0.3, -0.25) is 15.1 Å². The van der Waals surface area contributed by atoms with Crippen LogP contribution in [0.4, 0.5) is 5.82 Å². The molecule has 0 aromatic carbocycles. The Kier molecular flexibility index (Phi) is 1.91. The van der Waals surface area contributed by atoms with Crippen molar-refractivity contribution in [3.8, 4) is 11.4 Å². The first-order chi connectivity index (χ1) is 6.40. The van der Waals surface area contributed by atoms with Crippen molar-refractivity contribution in [1.29, 1.82) is 0 Å². The van der Waals surface area contributed by atoms with E-state index in [1.807, 2.05) is 13.1 Å². The highest BCUT2D eigenvalue weighted by Crippen LogP contribution is 2.14. The molecule has 0 radical (unpaired) electrons. The fourth-order valence-electron chi connectivity index (χ4n) is 1.02. The third-order valence-corrected chi connectivity index (χ3v) is 1.67. The van der Waals surface area contributed by atoms with Crippen molar-refractivity contribution >= 4 is 5.82 Å². The van der Waals surface area contributed by atoms with Crippen molar-refractivity contribution in [3.05, 3.63) is 24.7 Å². The first kappa shape index (κ1) is 7.72. The van der Waals surface area contributed by atoms with Crippen molar-refractivity contribution in [2.75, 3.05) is 12.4 Å². The van der Waals surface area contributed by atoms with Gasteiger partial charge in [0.1, 0.15) is 11.5 Å². The predicted molar refractivity (Wildman–Crippen MR) is 49.2 cm³/mol. The van der Waals surface area contributed by atoms with Gasteiger partial charge in [0.05, 0.1) is 11.9 Å². The number of hydrogen-bond acceptors (Lipinski definition) is 4. The van der Waals surface area contributed by atoms with E-state index in [2.05, 4.69) is 25.5 Å². The molecule has 0 aliphatic carbocycles. The van der Waals surface area contributed by atoms with Gasteiger partial charge in [0, 0.05) is 25.5 Å². The third kappa shape index (κ3) is 1.48. The molecule has 2 heterocycles. The minimum Gasteiger partial charge on any atom is -0.372 e. The lowest BCUT2D eigenvalue weighted by Crippen LogP contribution is -1.85. The molecule has 13 heavy (non-hydrogen) atoms.